The molecule has 2 saturated heterocycles. The molecule has 5 nitrogen and oxygen atoms in total. The smallest absolute Gasteiger partial charge is 0.225 e. The van der Waals surface area contributed by atoms with Crippen LogP contribution in [0.4, 0.5) is 5.69 Å². The number of carbonyl (C=O) groups excluding carboxylic acids is 1. The lowest BCUT2D eigenvalue weighted by molar-refractivity contribution is -0.127. The number of methoxy groups -OCH3 is 1. The molecule has 0 radical (unpaired) electrons. The van der Waals surface area contributed by atoms with Gasteiger partial charge < -0.3 is 20.3 Å². The van der Waals surface area contributed by atoms with Crippen LogP contribution >= 0.6 is 0 Å². The van der Waals surface area contributed by atoms with Gasteiger partial charge in [-0.15, -0.1) is 0 Å². The zero-order valence-corrected chi connectivity index (χ0v) is 12.5. The molecule has 3 rings (SSSR count). The first-order valence-corrected chi connectivity index (χ1v) is 7.67. The number of nitrogens with zero attached hydrogens (tertiary/aromatic N) is 1. The van der Waals surface area contributed by atoms with E-state index in [2.05, 4.69) is 21.6 Å². The van der Waals surface area contributed by atoms with Crippen LogP contribution in [0.15, 0.2) is 24.3 Å². The Morgan fingerprint density at radius 3 is 2.62 bits per heavy atom. The van der Waals surface area contributed by atoms with Gasteiger partial charge in [-0.05, 0) is 25.0 Å². The standard InChI is InChI=1S/C16H23N3O2/c1-21-15-5-3-2-4-14(15)19-8-6-13(7-9-19)18-16(20)12-10-17-11-12/h2-5,12-13,17H,6-11H2,1H3,(H,18,20). The topological polar surface area (TPSA) is 53.6 Å². The van der Waals surface area contributed by atoms with Gasteiger partial charge in [0, 0.05) is 32.2 Å². The molecule has 0 aliphatic carbocycles. The van der Waals surface area contributed by atoms with Gasteiger partial charge in [0.05, 0.1) is 18.7 Å². The monoisotopic (exact) mass is 289 g/mol. The zero-order valence-electron chi connectivity index (χ0n) is 12.5. The first-order chi connectivity index (χ1) is 10.3. The van der Waals surface area contributed by atoms with Crippen molar-refractivity contribution in [3.8, 4) is 5.75 Å². The fourth-order valence-electron chi connectivity index (χ4n) is 2.95. The molecule has 21 heavy (non-hydrogen) atoms. The second kappa shape index (κ2) is 6.35. The number of amides is 1. The van der Waals surface area contributed by atoms with Crippen LogP contribution in [0, 0.1) is 5.92 Å². The summed E-state index contributed by atoms with van der Waals surface area (Å²) < 4.78 is 5.43. The minimum atomic E-state index is 0.178. The summed E-state index contributed by atoms with van der Waals surface area (Å²) in [6.45, 7) is 3.56. The average molecular weight is 289 g/mol. The quantitative estimate of drug-likeness (QED) is 0.868. The molecule has 0 bridgehead atoms. The number of carbonyl (C=O) groups is 1. The first-order valence-electron chi connectivity index (χ1n) is 7.67. The third-order valence-electron chi connectivity index (χ3n) is 4.42. The second-order valence-corrected chi connectivity index (χ2v) is 5.80. The van der Waals surface area contributed by atoms with Gasteiger partial charge >= 0.3 is 0 Å². The Hall–Kier alpha value is -1.75. The summed E-state index contributed by atoms with van der Waals surface area (Å²) in [5.74, 6) is 1.31. The van der Waals surface area contributed by atoms with E-state index >= 15 is 0 Å². The lowest BCUT2D eigenvalue weighted by atomic mass is 9.99. The Morgan fingerprint density at radius 1 is 1.29 bits per heavy atom. The van der Waals surface area contributed by atoms with Gasteiger partial charge in [0.2, 0.25) is 5.91 Å². The highest BCUT2D eigenvalue weighted by Gasteiger charge is 2.28. The van der Waals surface area contributed by atoms with E-state index in [1.54, 1.807) is 7.11 Å². The maximum Gasteiger partial charge on any atom is 0.225 e. The number of piperidine rings is 1. The van der Waals surface area contributed by atoms with Crippen molar-refractivity contribution in [3.05, 3.63) is 24.3 Å². The minimum Gasteiger partial charge on any atom is -0.495 e. The molecule has 2 heterocycles. The molecular weight excluding hydrogens is 266 g/mol. The molecule has 0 atom stereocenters. The molecule has 0 aromatic heterocycles. The second-order valence-electron chi connectivity index (χ2n) is 5.80. The minimum absolute atomic E-state index is 0.178. The molecule has 1 amide bonds. The summed E-state index contributed by atoms with van der Waals surface area (Å²) in [7, 11) is 1.71. The van der Waals surface area contributed by atoms with Crippen molar-refractivity contribution < 1.29 is 9.53 Å². The number of para-hydroxylation sites is 2. The Labute approximate surface area is 125 Å². The van der Waals surface area contributed by atoms with E-state index in [1.165, 1.54) is 0 Å². The number of hydrogen-bond acceptors (Lipinski definition) is 4. The van der Waals surface area contributed by atoms with Crippen LogP contribution in [-0.4, -0.2) is 45.2 Å². The normalized spacial score (nSPS) is 20.0. The molecule has 1 aromatic rings. The van der Waals surface area contributed by atoms with Gasteiger partial charge in [-0.25, -0.2) is 0 Å². The summed E-state index contributed by atoms with van der Waals surface area (Å²) in [4.78, 5) is 14.3. The van der Waals surface area contributed by atoms with E-state index in [-0.39, 0.29) is 11.8 Å². The molecule has 2 aliphatic heterocycles. The molecule has 0 unspecified atom stereocenters. The molecule has 0 saturated carbocycles. The maximum absolute atomic E-state index is 12.0. The first kappa shape index (κ1) is 14.2. The largest absolute Gasteiger partial charge is 0.495 e. The number of anilines is 1. The van der Waals surface area contributed by atoms with Crippen molar-refractivity contribution in [1.29, 1.82) is 0 Å². The van der Waals surface area contributed by atoms with Crippen LogP contribution in [0.1, 0.15) is 12.8 Å². The summed E-state index contributed by atoms with van der Waals surface area (Å²) in [6.07, 6.45) is 1.98. The third kappa shape index (κ3) is 3.13. The average Bonchev–Trinajstić information content (AvgIpc) is 2.46. The maximum atomic E-state index is 12.0. The molecule has 2 N–H and O–H groups in total. The fraction of sp³-hybridized carbons (Fsp3) is 0.562. The van der Waals surface area contributed by atoms with E-state index in [0.29, 0.717) is 6.04 Å². The van der Waals surface area contributed by atoms with Gasteiger partial charge in [0.15, 0.2) is 0 Å². The number of benzene rings is 1. The Morgan fingerprint density at radius 2 is 2.00 bits per heavy atom. The van der Waals surface area contributed by atoms with Crippen molar-refractivity contribution in [2.45, 2.75) is 18.9 Å². The van der Waals surface area contributed by atoms with Crippen LogP contribution < -0.4 is 20.3 Å². The highest BCUT2D eigenvalue weighted by atomic mass is 16.5. The van der Waals surface area contributed by atoms with Crippen LogP contribution in [0.5, 0.6) is 5.75 Å². The van der Waals surface area contributed by atoms with E-state index in [4.69, 9.17) is 4.74 Å². The molecule has 1 aromatic carbocycles. The highest BCUT2D eigenvalue weighted by molar-refractivity contribution is 5.80. The fourth-order valence-corrected chi connectivity index (χ4v) is 2.95. The predicted octanol–water partition coefficient (Wildman–Crippen LogP) is 1.000. The van der Waals surface area contributed by atoms with Crippen molar-refractivity contribution in [3.63, 3.8) is 0 Å². The molecule has 5 heteroatoms. The summed E-state index contributed by atoms with van der Waals surface area (Å²) in [6, 6.07) is 8.42. The Balaban J connectivity index is 1.53. The van der Waals surface area contributed by atoms with Crippen molar-refractivity contribution >= 4 is 11.6 Å². The van der Waals surface area contributed by atoms with Crippen LogP contribution in [-0.2, 0) is 4.79 Å². The van der Waals surface area contributed by atoms with Crippen LogP contribution in [0.2, 0.25) is 0 Å². The molecule has 2 fully saturated rings. The van der Waals surface area contributed by atoms with Gasteiger partial charge in [0.1, 0.15) is 5.75 Å². The van der Waals surface area contributed by atoms with E-state index in [9.17, 15) is 4.79 Å². The number of ether oxygens (including phenoxy) is 1. The lowest BCUT2D eigenvalue weighted by Gasteiger charge is -2.36. The summed E-state index contributed by atoms with van der Waals surface area (Å²) in [5, 5.41) is 6.32. The number of nitrogens with one attached hydrogen (secondary N) is 2. The van der Waals surface area contributed by atoms with Crippen molar-refractivity contribution in [1.82, 2.24) is 10.6 Å². The summed E-state index contributed by atoms with van der Waals surface area (Å²) >= 11 is 0. The molecular formula is C16H23N3O2. The number of hydrogen-bond donors (Lipinski definition) is 2. The zero-order chi connectivity index (χ0) is 14.7. The van der Waals surface area contributed by atoms with Crippen LogP contribution in [0.3, 0.4) is 0 Å². The Kier molecular flexibility index (Phi) is 4.29. The SMILES string of the molecule is COc1ccccc1N1CCC(NC(=O)C2CNC2)CC1. The summed E-state index contributed by atoms with van der Waals surface area (Å²) in [5.41, 5.74) is 1.15. The van der Waals surface area contributed by atoms with Gasteiger partial charge in [0.25, 0.3) is 0 Å². The van der Waals surface area contributed by atoms with Gasteiger partial charge in [-0.2, -0.15) is 0 Å². The number of rotatable bonds is 4. The lowest BCUT2D eigenvalue weighted by Crippen LogP contribution is -2.54. The Bertz CT molecular complexity index is 494. The van der Waals surface area contributed by atoms with E-state index in [1.807, 2.05) is 18.2 Å². The van der Waals surface area contributed by atoms with Crippen molar-refractivity contribution in [2.75, 3.05) is 38.2 Å². The molecule has 0 spiro atoms. The third-order valence-corrected chi connectivity index (χ3v) is 4.42. The predicted molar refractivity (Wildman–Crippen MR) is 82.7 cm³/mol. The van der Waals surface area contributed by atoms with E-state index < -0.39 is 0 Å². The van der Waals surface area contributed by atoms with Gasteiger partial charge in [-0.1, -0.05) is 12.1 Å². The molecule has 2 aliphatic rings. The van der Waals surface area contributed by atoms with Gasteiger partial charge in [-0.3, -0.25) is 4.79 Å². The highest BCUT2D eigenvalue weighted by Crippen LogP contribution is 2.29. The molecule has 114 valence electrons. The van der Waals surface area contributed by atoms with E-state index in [0.717, 1.165) is 50.5 Å². The van der Waals surface area contributed by atoms with Crippen LogP contribution in [0.25, 0.3) is 0 Å². The van der Waals surface area contributed by atoms with Crippen molar-refractivity contribution in [2.24, 2.45) is 5.92 Å².